The topological polar surface area (TPSA) is 108 Å². The number of nitro benzene ring substituents is 1. The Morgan fingerprint density at radius 1 is 1.33 bits per heavy atom. The van der Waals surface area contributed by atoms with Crippen molar-refractivity contribution in [2.45, 2.75) is 26.4 Å². The molecule has 1 aromatic rings. The normalized spacial score (nSPS) is 11.6. The second kappa shape index (κ2) is 7.53. The molecular formula is C15H17FN2O6. The van der Waals surface area contributed by atoms with Crippen LogP contribution >= 0.6 is 0 Å². The van der Waals surface area contributed by atoms with E-state index in [1.165, 1.54) is 0 Å². The lowest BCUT2D eigenvalue weighted by Gasteiger charge is -2.20. The standard InChI is InChI=1S/C15H17FN2O6/c1-15(2,3)24-14(20)17-11(13(19)23-4)8-9-7-10(16)5-6-12(9)18(21)22/h5-8H,1-4H3,(H,17,20). The van der Waals surface area contributed by atoms with E-state index in [1.807, 2.05) is 0 Å². The second-order valence-corrected chi connectivity index (χ2v) is 5.64. The van der Waals surface area contributed by atoms with Gasteiger partial charge in [-0.15, -0.1) is 0 Å². The maximum atomic E-state index is 13.3. The first-order valence-corrected chi connectivity index (χ1v) is 6.77. The molecule has 1 N–H and O–H groups in total. The highest BCUT2D eigenvalue weighted by atomic mass is 19.1. The zero-order valence-corrected chi connectivity index (χ0v) is 13.6. The van der Waals surface area contributed by atoms with Gasteiger partial charge in [0.1, 0.15) is 17.1 Å². The van der Waals surface area contributed by atoms with Gasteiger partial charge in [-0.3, -0.25) is 15.4 Å². The molecule has 130 valence electrons. The van der Waals surface area contributed by atoms with E-state index >= 15 is 0 Å². The predicted molar refractivity (Wildman–Crippen MR) is 82.4 cm³/mol. The van der Waals surface area contributed by atoms with Gasteiger partial charge in [0.25, 0.3) is 5.69 Å². The van der Waals surface area contributed by atoms with Crippen LogP contribution < -0.4 is 5.32 Å². The summed E-state index contributed by atoms with van der Waals surface area (Å²) in [6.07, 6.45) is -0.0186. The van der Waals surface area contributed by atoms with Crippen molar-refractivity contribution in [2.24, 2.45) is 0 Å². The number of hydrogen-bond donors (Lipinski definition) is 1. The van der Waals surface area contributed by atoms with Crippen molar-refractivity contribution < 1.29 is 28.4 Å². The van der Waals surface area contributed by atoms with Crippen LogP contribution in [-0.2, 0) is 14.3 Å². The van der Waals surface area contributed by atoms with E-state index in [4.69, 9.17) is 4.74 Å². The van der Waals surface area contributed by atoms with Crippen LogP contribution in [0, 0.1) is 15.9 Å². The average Bonchev–Trinajstić information content (AvgIpc) is 2.43. The Balaban J connectivity index is 3.24. The Kier molecular flexibility index (Phi) is 5.99. The molecule has 1 rings (SSSR count). The summed E-state index contributed by atoms with van der Waals surface area (Å²) in [5.74, 6) is -1.72. The fourth-order valence-corrected chi connectivity index (χ4v) is 1.63. The van der Waals surface area contributed by atoms with Gasteiger partial charge in [-0.05, 0) is 39.0 Å². The molecule has 0 fully saturated rings. The van der Waals surface area contributed by atoms with Crippen LogP contribution in [0.25, 0.3) is 6.08 Å². The van der Waals surface area contributed by atoms with Gasteiger partial charge in [0.05, 0.1) is 17.6 Å². The van der Waals surface area contributed by atoms with E-state index in [0.717, 1.165) is 31.4 Å². The van der Waals surface area contributed by atoms with Crippen LogP contribution in [0.1, 0.15) is 26.3 Å². The molecule has 24 heavy (non-hydrogen) atoms. The van der Waals surface area contributed by atoms with Crippen molar-refractivity contribution in [2.75, 3.05) is 7.11 Å². The second-order valence-electron chi connectivity index (χ2n) is 5.64. The molecule has 0 heterocycles. The number of amides is 1. The molecule has 0 atom stereocenters. The monoisotopic (exact) mass is 340 g/mol. The first-order chi connectivity index (χ1) is 11.0. The molecular weight excluding hydrogens is 323 g/mol. The smallest absolute Gasteiger partial charge is 0.412 e. The Labute approximate surface area is 137 Å². The van der Waals surface area contributed by atoms with Gasteiger partial charge in [0, 0.05) is 6.07 Å². The molecule has 0 unspecified atom stereocenters. The van der Waals surface area contributed by atoms with E-state index in [-0.39, 0.29) is 5.56 Å². The van der Waals surface area contributed by atoms with Crippen molar-refractivity contribution in [1.29, 1.82) is 0 Å². The fourth-order valence-electron chi connectivity index (χ4n) is 1.63. The lowest BCUT2D eigenvalue weighted by Crippen LogP contribution is -2.34. The zero-order valence-electron chi connectivity index (χ0n) is 13.6. The minimum atomic E-state index is -0.973. The number of alkyl carbamates (subject to hydrolysis) is 1. The SMILES string of the molecule is COC(=O)C(=Cc1cc(F)ccc1[N+](=O)[O-])NC(=O)OC(C)(C)C. The van der Waals surface area contributed by atoms with Gasteiger partial charge in [-0.1, -0.05) is 0 Å². The van der Waals surface area contributed by atoms with E-state index in [0.29, 0.717) is 0 Å². The van der Waals surface area contributed by atoms with Crippen LogP contribution in [0.4, 0.5) is 14.9 Å². The largest absolute Gasteiger partial charge is 0.464 e. The van der Waals surface area contributed by atoms with Crippen LogP contribution in [-0.4, -0.2) is 29.7 Å². The van der Waals surface area contributed by atoms with Gasteiger partial charge in [0.15, 0.2) is 0 Å². The van der Waals surface area contributed by atoms with Gasteiger partial charge in [0.2, 0.25) is 0 Å². The molecule has 0 bridgehead atoms. The van der Waals surface area contributed by atoms with E-state index < -0.39 is 39.8 Å². The van der Waals surface area contributed by atoms with Gasteiger partial charge in [-0.25, -0.2) is 14.0 Å². The molecule has 0 aliphatic rings. The Morgan fingerprint density at radius 3 is 2.46 bits per heavy atom. The molecule has 0 saturated carbocycles. The van der Waals surface area contributed by atoms with E-state index in [2.05, 4.69) is 10.1 Å². The number of carbonyl (C=O) groups is 2. The zero-order chi connectivity index (χ0) is 18.5. The summed E-state index contributed by atoms with van der Waals surface area (Å²) in [5.41, 5.74) is -1.91. The number of hydrogen-bond acceptors (Lipinski definition) is 6. The van der Waals surface area contributed by atoms with Crippen LogP contribution in [0.2, 0.25) is 0 Å². The number of rotatable bonds is 4. The lowest BCUT2D eigenvalue weighted by molar-refractivity contribution is -0.385. The summed E-state index contributed by atoms with van der Waals surface area (Å²) in [5, 5.41) is 13.1. The number of benzene rings is 1. The minimum absolute atomic E-state index is 0.212. The molecule has 0 aliphatic heterocycles. The molecule has 0 aromatic heterocycles. The maximum Gasteiger partial charge on any atom is 0.412 e. The van der Waals surface area contributed by atoms with E-state index in [9.17, 15) is 24.1 Å². The highest BCUT2D eigenvalue weighted by Gasteiger charge is 2.22. The summed E-state index contributed by atoms with van der Waals surface area (Å²) in [6.45, 7) is 4.85. The number of nitrogens with one attached hydrogen (secondary N) is 1. The fraction of sp³-hybridized carbons (Fsp3) is 0.333. The number of ether oxygens (including phenoxy) is 2. The summed E-state index contributed by atoms with van der Waals surface area (Å²) < 4.78 is 22.8. The number of nitrogens with zero attached hydrogens (tertiary/aromatic N) is 1. The highest BCUT2D eigenvalue weighted by Crippen LogP contribution is 2.22. The average molecular weight is 340 g/mol. The molecule has 0 spiro atoms. The van der Waals surface area contributed by atoms with Crippen molar-refractivity contribution in [3.63, 3.8) is 0 Å². The molecule has 0 aliphatic carbocycles. The van der Waals surface area contributed by atoms with Crippen molar-refractivity contribution >= 4 is 23.8 Å². The van der Waals surface area contributed by atoms with Gasteiger partial charge >= 0.3 is 12.1 Å². The Hall–Kier alpha value is -2.97. The summed E-state index contributed by atoms with van der Waals surface area (Å²) in [6, 6.07) is 2.72. The third-order valence-electron chi connectivity index (χ3n) is 2.53. The Morgan fingerprint density at radius 2 is 1.96 bits per heavy atom. The van der Waals surface area contributed by atoms with Crippen molar-refractivity contribution in [3.8, 4) is 0 Å². The number of nitro groups is 1. The molecule has 1 amide bonds. The summed E-state index contributed by atoms with van der Waals surface area (Å²) in [7, 11) is 1.06. The number of esters is 1. The number of carbonyl (C=O) groups excluding carboxylic acids is 2. The Bertz CT molecular complexity index is 694. The lowest BCUT2D eigenvalue weighted by atomic mass is 10.1. The third-order valence-corrected chi connectivity index (χ3v) is 2.53. The molecule has 0 radical (unpaired) electrons. The summed E-state index contributed by atoms with van der Waals surface area (Å²) in [4.78, 5) is 33.8. The van der Waals surface area contributed by atoms with Crippen LogP contribution in [0.15, 0.2) is 23.9 Å². The van der Waals surface area contributed by atoms with Crippen LogP contribution in [0.3, 0.4) is 0 Å². The number of halogens is 1. The van der Waals surface area contributed by atoms with Crippen molar-refractivity contribution in [3.05, 3.63) is 45.4 Å². The molecule has 0 saturated heterocycles. The molecule has 1 aromatic carbocycles. The van der Waals surface area contributed by atoms with Gasteiger partial charge < -0.3 is 9.47 Å². The van der Waals surface area contributed by atoms with Crippen LogP contribution in [0.5, 0.6) is 0 Å². The first kappa shape index (κ1) is 19.1. The van der Waals surface area contributed by atoms with Gasteiger partial charge in [-0.2, -0.15) is 0 Å². The third kappa shape index (κ3) is 5.67. The van der Waals surface area contributed by atoms with Crippen molar-refractivity contribution in [1.82, 2.24) is 5.32 Å². The number of methoxy groups -OCH3 is 1. The maximum absolute atomic E-state index is 13.3. The summed E-state index contributed by atoms with van der Waals surface area (Å²) >= 11 is 0. The first-order valence-electron chi connectivity index (χ1n) is 6.77. The minimum Gasteiger partial charge on any atom is -0.464 e. The molecule has 8 nitrogen and oxygen atoms in total. The quantitative estimate of drug-likeness (QED) is 0.391. The highest BCUT2D eigenvalue weighted by molar-refractivity contribution is 5.97. The molecule has 9 heteroatoms. The van der Waals surface area contributed by atoms with E-state index in [1.54, 1.807) is 20.8 Å². The predicted octanol–water partition coefficient (Wildman–Crippen LogP) is 2.77.